The fraction of sp³-hybridized carbons (Fsp3) is 0.200. The Morgan fingerprint density at radius 3 is 2.68 bits per heavy atom. The Labute approximate surface area is 146 Å². The Morgan fingerprint density at radius 1 is 1.00 bits per heavy atom. The highest BCUT2D eigenvalue weighted by Gasteiger charge is 2.40. The molecule has 5 heteroatoms. The number of fused-ring (bicyclic) bond motifs is 1. The van der Waals surface area contributed by atoms with Crippen LogP contribution in [-0.4, -0.2) is 17.2 Å². The largest absolute Gasteiger partial charge is 0.325 e. The summed E-state index contributed by atoms with van der Waals surface area (Å²) in [5.74, 6) is 0. The van der Waals surface area contributed by atoms with Gasteiger partial charge in [-0.05, 0) is 46.7 Å². The Bertz CT molecular complexity index is 921. The van der Waals surface area contributed by atoms with Crippen LogP contribution in [0, 0.1) is 0 Å². The number of hydrogen-bond donors (Lipinski definition) is 1. The summed E-state index contributed by atoms with van der Waals surface area (Å²) in [5.41, 5.74) is 8.16. The van der Waals surface area contributed by atoms with Crippen LogP contribution in [0.2, 0.25) is 0 Å². The van der Waals surface area contributed by atoms with E-state index in [1.165, 1.54) is 5.56 Å². The van der Waals surface area contributed by atoms with Crippen molar-refractivity contribution in [2.75, 3.05) is 0 Å². The second-order valence-electron chi connectivity index (χ2n) is 6.33. The molecule has 0 amide bonds. The van der Waals surface area contributed by atoms with Gasteiger partial charge in [-0.15, -0.1) is 10.2 Å². The van der Waals surface area contributed by atoms with Crippen LogP contribution in [0.25, 0.3) is 10.8 Å². The lowest BCUT2D eigenvalue weighted by molar-refractivity contribution is 0.443. The van der Waals surface area contributed by atoms with Crippen molar-refractivity contribution in [3.63, 3.8) is 0 Å². The SMILES string of the molecule is NC(CCc1ccccc1)C1(c2ccc3cnccc3c2)C=NN=N1. The third-order valence-electron chi connectivity index (χ3n) is 4.77. The van der Waals surface area contributed by atoms with E-state index in [1.807, 2.05) is 42.6 Å². The van der Waals surface area contributed by atoms with Crippen molar-refractivity contribution in [3.8, 4) is 0 Å². The molecule has 2 atom stereocenters. The molecule has 2 N–H and O–H groups in total. The molecule has 0 radical (unpaired) electrons. The fourth-order valence-electron chi connectivity index (χ4n) is 3.28. The second kappa shape index (κ2) is 6.53. The van der Waals surface area contributed by atoms with Gasteiger partial charge in [-0.1, -0.05) is 42.5 Å². The molecule has 124 valence electrons. The highest BCUT2D eigenvalue weighted by atomic mass is 15.4. The average molecular weight is 329 g/mol. The van der Waals surface area contributed by atoms with Crippen LogP contribution in [0.4, 0.5) is 0 Å². The molecule has 5 nitrogen and oxygen atoms in total. The van der Waals surface area contributed by atoms with Crippen LogP contribution in [0.15, 0.2) is 82.4 Å². The number of nitrogens with two attached hydrogens (primary N) is 1. The van der Waals surface area contributed by atoms with Crippen molar-refractivity contribution in [2.45, 2.75) is 24.4 Å². The van der Waals surface area contributed by atoms with E-state index in [2.05, 4.69) is 38.6 Å². The van der Waals surface area contributed by atoms with Crippen LogP contribution < -0.4 is 5.73 Å². The number of pyridine rings is 1. The molecule has 1 aliphatic heterocycles. The topological polar surface area (TPSA) is 76.0 Å². The minimum Gasteiger partial charge on any atom is -0.325 e. The second-order valence-corrected chi connectivity index (χ2v) is 6.33. The van der Waals surface area contributed by atoms with Crippen molar-refractivity contribution in [3.05, 3.63) is 78.1 Å². The molecule has 0 aliphatic carbocycles. The minimum absolute atomic E-state index is 0.206. The highest BCUT2D eigenvalue weighted by molar-refractivity contribution is 5.85. The van der Waals surface area contributed by atoms with Gasteiger partial charge in [0.15, 0.2) is 5.54 Å². The van der Waals surface area contributed by atoms with Crippen molar-refractivity contribution >= 4 is 17.0 Å². The van der Waals surface area contributed by atoms with E-state index < -0.39 is 5.54 Å². The van der Waals surface area contributed by atoms with E-state index >= 15 is 0 Å². The predicted molar refractivity (Wildman–Crippen MR) is 99.5 cm³/mol. The van der Waals surface area contributed by atoms with Gasteiger partial charge in [0.1, 0.15) is 0 Å². The number of nitrogens with zero attached hydrogens (tertiary/aromatic N) is 4. The summed E-state index contributed by atoms with van der Waals surface area (Å²) < 4.78 is 0. The predicted octanol–water partition coefficient (Wildman–Crippen LogP) is 3.84. The van der Waals surface area contributed by atoms with Crippen LogP contribution in [-0.2, 0) is 12.0 Å². The number of benzene rings is 2. The Kier molecular flexibility index (Phi) is 4.07. The van der Waals surface area contributed by atoms with Crippen LogP contribution >= 0.6 is 0 Å². The number of rotatable bonds is 5. The summed E-state index contributed by atoms with van der Waals surface area (Å²) in [6, 6.07) is 18.3. The first kappa shape index (κ1) is 15.6. The highest BCUT2D eigenvalue weighted by Crippen LogP contribution is 2.34. The van der Waals surface area contributed by atoms with E-state index in [4.69, 9.17) is 5.73 Å². The van der Waals surface area contributed by atoms with Gasteiger partial charge in [0.25, 0.3) is 0 Å². The Morgan fingerprint density at radius 2 is 1.88 bits per heavy atom. The molecule has 2 unspecified atom stereocenters. The molecule has 0 bridgehead atoms. The maximum atomic E-state index is 6.58. The molecule has 0 saturated carbocycles. The lowest BCUT2D eigenvalue weighted by Crippen LogP contribution is -2.44. The van der Waals surface area contributed by atoms with Crippen molar-refractivity contribution < 1.29 is 0 Å². The van der Waals surface area contributed by atoms with E-state index in [0.29, 0.717) is 0 Å². The monoisotopic (exact) mass is 329 g/mol. The lowest BCUT2D eigenvalue weighted by atomic mass is 9.81. The molecule has 0 fully saturated rings. The molecule has 4 rings (SSSR count). The Hall–Kier alpha value is -2.92. The van der Waals surface area contributed by atoms with Gasteiger partial charge in [-0.3, -0.25) is 4.98 Å². The van der Waals surface area contributed by atoms with Gasteiger partial charge in [-0.25, -0.2) is 0 Å². The molecule has 2 aromatic carbocycles. The first-order valence-corrected chi connectivity index (χ1v) is 8.38. The van der Waals surface area contributed by atoms with Crippen LogP contribution in [0.1, 0.15) is 17.5 Å². The molecule has 1 aliphatic rings. The molecule has 3 aromatic rings. The quantitative estimate of drug-likeness (QED) is 0.772. The number of aromatic nitrogens is 1. The van der Waals surface area contributed by atoms with Gasteiger partial charge in [0, 0.05) is 23.8 Å². The van der Waals surface area contributed by atoms with Crippen molar-refractivity contribution in [1.29, 1.82) is 0 Å². The molecule has 2 heterocycles. The molecule has 1 aromatic heterocycles. The molecular weight excluding hydrogens is 310 g/mol. The Balaban J connectivity index is 1.64. The third-order valence-corrected chi connectivity index (χ3v) is 4.77. The maximum absolute atomic E-state index is 6.58. The fourth-order valence-corrected chi connectivity index (χ4v) is 3.28. The maximum Gasteiger partial charge on any atom is 0.160 e. The van der Waals surface area contributed by atoms with Gasteiger partial charge >= 0.3 is 0 Å². The van der Waals surface area contributed by atoms with Crippen molar-refractivity contribution in [1.82, 2.24) is 4.98 Å². The van der Waals surface area contributed by atoms with Crippen LogP contribution in [0.5, 0.6) is 0 Å². The summed E-state index contributed by atoms with van der Waals surface area (Å²) >= 11 is 0. The van der Waals surface area contributed by atoms with Gasteiger partial charge in [0.2, 0.25) is 0 Å². The smallest absolute Gasteiger partial charge is 0.160 e. The lowest BCUT2D eigenvalue weighted by Gasteiger charge is -2.29. The average Bonchev–Trinajstić information content (AvgIpc) is 3.18. The number of hydrogen-bond acceptors (Lipinski definition) is 5. The van der Waals surface area contributed by atoms with E-state index in [1.54, 1.807) is 12.4 Å². The zero-order valence-corrected chi connectivity index (χ0v) is 13.8. The van der Waals surface area contributed by atoms with Crippen LogP contribution in [0.3, 0.4) is 0 Å². The summed E-state index contributed by atoms with van der Waals surface area (Å²) in [4.78, 5) is 4.16. The first-order valence-electron chi connectivity index (χ1n) is 8.38. The van der Waals surface area contributed by atoms with Gasteiger partial charge in [-0.2, -0.15) is 0 Å². The molecule has 0 spiro atoms. The molecule has 25 heavy (non-hydrogen) atoms. The third kappa shape index (κ3) is 2.94. The van der Waals surface area contributed by atoms with Gasteiger partial charge in [0.05, 0.1) is 6.21 Å². The normalized spacial score (nSPS) is 20.2. The van der Waals surface area contributed by atoms with E-state index in [9.17, 15) is 0 Å². The zero-order valence-electron chi connectivity index (χ0n) is 13.8. The summed E-state index contributed by atoms with van der Waals surface area (Å²) in [6.45, 7) is 0. The summed E-state index contributed by atoms with van der Waals surface area (Å²) in [6.07, 6.45) is 7.10. The summed E-state index contributed by atoms with van der Waals surface area (Å²) in [5, 5.41) is 14.5. The standard InChI is InChI=1S/C20H19N5/c21-19(9-6-15-4-2-1-3-5-15)20(14-23-25-24-20)18-8-7-17-13-22-11-10-16(17)12-18/h1-5,7-8,10-14,19H,6,9,21H2. The minimum atomic E-state index is -0.702. The summed E-state index contributed by atoms with van der Waals surface area (Å²) in [7, 11) is 0. The van der Waals surface area contributed by atoms with E-state index in [0.717, 1.165) is 29.2 Å². The number of aryl methyl sites for hydroxylation is 1. The van der Waals surface area contributed by atoms with Gasteiger partial charge < -0.3 is 5.73 Å². The molecular formula is C20H19N5. The zero-order chi connectivity index (χ0) is 17.1. The molecule has 0 saturated heterocycles. The van der Waals surface area contributed by atoms with E-state index in [-0.39, 0.29) is 6.04 Å². The van der Waals surface area contributed by atoms with Crippen molar-refractivity contribution in [2.24, 2.45) is 21.2 Å². The first-order chi connectivity index (χ1) is 12.3.